The van der Waals surface area contributed by atoms with Crippen LogP contribution >= 0.6 is 11.3 Å². The summed E-state index contributed by atoms with van der Waals surface area (Å²) >= 11 is 1.33. The number of fused-ring (bicyclic) bond motifs is 1. The quantitative estimate of drug-likeness (QED) is 0.341. The van der Waals surface area contributed by atoms with Gasteiger partial charge in [0.05, 0.1) is 12.2 Å². The van der Waals surface area contributed by atoms with Gasteiger partial charge in [0, 0.05) is 31.4 Å². The molecule has 2 amide bonds. The van der Waals surface area contributed by atoms with Crippen LogP contribution in [0.2, 0.25) is 0 Å². The van der Waals surface area contributed by atoms with E-state index < -0.39 is 18.1 Å². The molecule has 0 radical (unpaired) electrons. The Labute approximate surface area is 213 Å². The minimum Gasteiger partial charge on any atom is -0.508 e. The first kappa shape index (κ1) is 25.9. The Morgan fingerprint density at radius 2 is 1.92 bits per heavy atom. The summed E-state index contributed by atoms with van der Waals surface area (Å²) in [7, 11) is 0. The maximum Gasteiger partial charge on any atom is 0.338 e. The number of thiophene rings is 1. The molecule has 36 heavy (non-hydrogen) atoms. The number of phenols is 1. The highest BCUT2D eigenvalue weighted by atomic mass is 32.1. The normalized spacial score (nSPS) is 20.1. The smallest absolute Gasteiger partial charge is 0.338 e. The van der Waals surface area contributed by atoms with Gasteiger partial charge in [0.25, 0.3) is 0 Å². The molecule has 3 atom stereocenters. The summed E-state index contributed by atoms with van der Waals surface area (Å²) in [5.41, 5.74) is 1.74. The molecule has 5 N–H and O–H groups in total. The Kier molecular flexibility index (Phi) is 8.44. The molecular formula is C25H31N3O7S. The van der Waals surface area contributed by atoms with E-state index in [2.05, 4.69) is 16.0 Å². The SMILES string of the molecule is CC(=O)NC(Cc1ccc(O)cc1)C(=O)NCC1OCCc2c1sc(NC1CCCCO1)c2C(=O)O. The molecule has 4 rings (SSSR count). The first-order chi connectivity index (χ1) is 17.3. The first-order valence-electron chi connectivity index (χ1n) is 12.0. The van der Waals surface area contributed by atoms with E-state index in [-0.39, 0.29) is 42.3 Å². The number of hydrogen-bond donors (Lipinski definition) is 5. The third-order valence-corrected chi connectivity index (χ3v) is 7.47. The predicted molar refractivity (Wildman–Crippen MR) is 133 cm³/mol. The van der Waals surface area contributed by atoms with Crippen LogP contribution in [0.1, 0.15) is 58.7 Å². The van der Waals surface area contributed by atoms with Gasteiger partial charge in [-0.15, -0.1) is 11.3 Å². The number of phenolic OH excluding ortho intramolecular Hbond substituents is 1. The number of nitrogens with one attached hydrogen (secondary N) is 3. The van der Waals surface area contributed by atoms with E-state index in [1.54, 1.807) is 12.1 Å². The van der Waals surface area contributed by atoms with Crippen molar-refractivity contribution in [2.45, 2.75) is 57.4 Å². The fraction of sp³-hybridized carbons (Fsp3) is 0.480. The van der Waals surface area contributed by atoms with Crippen molar-refractivity contribution in [3.63, 3.8) is 0 Å². The highest BCUT2D eigenvalue weighted by Gasteiger charge is 2.33. The number of carbonyl (C=O) groups is 3. The molecular weight excluding hydrogens is 486 g/mol. The maximum atomic E-state index is 13.0. The number of benzene rings is 1. The second-order valence-corrected chi connectivity index (χ2v) is 9.98. The molecule has 1 aromatic carbocycles. The lowest BCUT2D eigenvalue weighted by Crippen LogP contribution is -2.48. The Morgan fingerprint density at radius 1 is 1.14 bits per heavy atom. The Bertz CT molecular complexity index is 1100. The van der Waals surface area contributed by atoms with Gasteiger partial charge in [-0.3, -0.25) is 9.59 Å². The van der Waals surface area contributed by atoms with Crippen molar-refractivity contribution in [3.05, 3.63) is 45.8 Å². The van der Waals surface area contributed by atoms with Crippen LogP contribution in [0.4, 0.5) is 5.00 Å². The third-order valence-electron chi connectivity index (χ3n) is 6.22. The van der Waals surface area contributed by atoms with Gasteiger partial charge < -0.3 is 35.6 Å². The lowest BCUT2D eigenvalue weighted by molar-refractivity contribution is -0.128. The third kappa shape index (κ3) is 6.34. The van der Waals surface area contributed by atoms with Crippen LogP contribution in [0.15, 0.2) is 24.3 Å². The Hall–Kier alpha value is -3.15. The molecule has 0 saturated carbocycles. The van der Waals surface area contributed by atoms with Gasteiger partial charge in [0.2, 0.25) is 11.8 Å². The summed E-state index contributed by atoms with van der Waals surface area (Å²) in [6.45, 7) is 2.46. The van der Waals surface area contributed by atoms with E-state index in [1.807, 2.05) is 0 Å². The number of anilines is 1. The van der Waals surface area contributed by atoms with E-state index in [9.17, 15) is 24.6 Å². The molecule has 10 nitrogen and oxygen atoms in total. The van der Waals surface area contributed by atoms with E-state index >= 15 is 0 Å². The van der Waals surface area contributed by atoms with E-state index in [4.69, 9.17) is 9.47 Å². The van der Waals surface area contributed by atoms with Crippen molar-refractivity contribution in [3.8, 4) is 5.75 Å². The van der Waals surface area contributed by atoms with Crippen molar-refractivity contribution in [2.24, 2.45) is 0 Å². The monoisotopic (exact) mass is 517 g/mol. The van der Waals surface area contributed by atoms with Crippen molar-refractivity contribution in [1.82, 2.24) is 10.6 Å². The topological polar surface area (TPSA) is 146 Å². The molecule has 3 unspecified atom stereocenters. The standard InChI is InChI=1S/C25H31N3O7S/c1-14(29)27-18(12-15-5-7-16(30)8-6-15)23(31)26-13-19-22-17(9-11-34-19)21(25(32)33)24(36-22)28-20-4-2-3-10-35-20/h5-8,18-20,28,30H,2-4,9-13H2,1H3,(H,26,31)(H,27,29)(H,32,33). The number of carboxylic acids is 1. The molecule has 2 aliphatic rings. The maximum absolute atomic E-state index is 13.0. The molecule has 0 aliphatic carbocycles. The summed E-state index contributed by atoms with van der Waals surface area (Å²) in [5, 5.41) is 28.7. The molecule has 1 saturated heterocycles. The van der Waals surface area contributed by atoms with Gasteiger partial charge in [-0.2, -0.15) is 0 Å². The van der Waals surface area contributed by atoms with Gasteiger partial charge in [0.15, 0.2) is 0 Å². The van der Waals surface area contributed by atoms with Crippen LogP contribution in [-0.4, -0.2) is 60.0 Å². The molecule has 3 heterocycles. The Balaban J connectivity index is 1.47. The molecule has 1 aromatic heterocycles. The van der Waals surface area contributed by atoms with E-state index in [0.29, 0.717) is 24.6 Å². The number of hydrogen-bond acceptors (Lipinski definition) is 8. The zero-order chi connectivity index (χ0) is 25.7. The van der Waals surface area contributed by atoms with Crippen molar-refractivity contribution in [2.75, 3.05) is 25.1 Å². The van der Waals surface area contributed by atoms with E-state index in [1.165, 1.54) is 30.4 Å². The Morgan fingerprint density at radius 3 is 2.58 bits per heavy atom. The molecule has 2 aromatic rings. The van der Waals surface area contributed by atoms with Crippen LogP contribution in [0.25, 0.3) is 0 Å². The number of rotatable bonds is 9. The van der Waals surface area contributed by atoms with Crippen LogP contribution in [0.3, 0.4) is 0 Å². The zero-order valence-electron chi connectivity index (χ0n) is 20.0. The van der Waals surface area contributed by atoms with Gasteiger partial charge in [-0.25, -0.2) is 4.79 Å². The van der Waals surface area contributed by atoms with Gasteiger partial charge in [-0.1, -0.05) is 12.1 Å². The lowest BCUT2D eigenvalue weighted by Gasteiger charge is -2.25. The minimum atomic E-state index is -1.00. The molecule has 1 fully saturated rings. The number of aromatic carboxylic acids is 1. The highest BCUT2D eigenvalue weighted by Crippen LogP contribution is 2.42. The summed E-state index contributed by atoms with van der Waals surface area (Å²) in [4.78, 5) is 37.6. The van der Waals surface area contributed by atoms with Crippen LogP contribution in [0.5, 0.6) is 5.75 Å². The fourth-order valence-electron chi connectivity index (χ4n) is 4.49. The largest absolute Gasteiger partial charge is 0.508 e. The number of ether oxygens (including phenoxy) is 2. The lowest BCUT2D eigenvalue weighted by atomic mass is 10.0. The fourth-order valence-corrected chi connectivity index (χ4v) is 5.82. The average Bonchev–Trinajstić information content (AvgIpc) is 3.22. The molecule has 11 heteroatoms. The van der Waals surface area contributed by atoms with Crippen molar-refractivity contribution < 1.29 is 34.1 Å². The van der Waals surface area contributed by atoms with E-state index in [0.717, 1.165) is 35.3 Å². The first-order valence-corrected chi connectivity index (χ1v) is 12.8. The summed E-state index contributed by atoms with van der Waals surface area (Å²) in [5.74, 6) is -1.60. The second-order valence-electron chi connectivity index (χ2n) is 8.93. The van der Waals surface area contributed by atoms with Crippen molar-refractivity contribution in [1.29, 1.82) is 0 Å². The molecule has 2 aliphatic heterocycles. The van der Waals surface area contributed by atoms with Crippen LogP contribution in [0, 0.1) is 0 Å². The minimum absolute atomic E-state index is 0.116. The summed E-state index contributed by atoms with van der Waals surface area (Å²) in [6, 6.07) is 5.62. The molecule has 0 spiro atoms. The average molecular weight is 518 g/mol. The summed E-state index contributed by atoms with van der Waals surface area (Å²) in [6.07, 6.45) is 2.81. The zero-order valence-corrected chi connectivity index (χ0v) is 20.9. The number of carboxylic acid groups (broad SMARTS) is 1. The summed E-state index contributed by atoms with van der Waals surface area (Å²) < 4.78 is 11.6. The second kappa shape index (κ2) is 11.7. The molecule has 194 valence electrons. The van der Waals surface area contributed by atoms with Gasteiger partial charge in [-0.05, 0) is 48.9 Å². The molecule has 0 bridgehead atoms. The van der Waals surface area contributed by atoms with Crippen LogP contribution < -0.4 is 16.0 Å². The predicted octanol–water partition coefficient (Wildman–Crippen LogP) is 2.57. The number of aromatic hydroxyl groups is 1. The van der Waals surface area contributed by atoms with Gasteiger partial charge in [0.1, 0.15) is 29.1 Å². The van der Waals surface area contributed by atoms with Crippen molar-refractivity contribution >= 4 is 34.1 Å². The number of amides is 2. The van der Waals surface area contributed by atoms with Gasteiger partial charge >= 0.3 is 5.97 Å². The highest BCUT2D eigenvalue weighted by molar-refractivity contribution is 7.16. The van der Waals surface area contributed by atoms with Crippen LogP contribution in [-0.2, 0) is 31.9 Å². The number of carbonyl (C=O) groups excluding carboxylic acids is 2.